The summed E-state index contributed by atoms with van der Waals surface area (Å²) in [5.41, 5.74) is 2.21. The summed E-state index contributed by atoms with van der Waals surface area (Å²) in [6.45, 7) is 0. The number of fused-ring (bicyclic) bond motifs is 1. The van der Waals surface area contributed by atoms with E-state index in [0.717, 1.165) is 16.1 Å². The normalized spacial score (nSPS) is 10.5. The van der Waals surface area contributed by atoms with Gasteiger partial charge in [0.2, 0.25) is 0 Å². The molecule has 0 amide bonds. The minimum atomic E-state index is 0.798. The average Bonchev–Trinajstić information content (AvgIpc) is 2.34. The van der Waals surface area contributed by atoms with Crippen molar-refractivity contribution in [2.75, 3.05) is 0 Å². The summed E-state index contributed by atoms with van der Waals surface area (Å²) in [4.78, 5) is 0. The molecule has 0 aromatic rings. The molecule has 2 heteroatoms. The Balaban J connectivity index is 2.78. The third-order valence-corrected chi connectivity index (χ3v) is 2.38. The lowest BCUT2D eigenvalue weighted by atomic mass is 10.2. The smallest absolute Gasteiger partial charge is 0.0499 e. The van der Waals surface area contributed by atoms with Crippen LogP contribution in [0.25, 0.3) is 11.1 Å². The summed E-state index contributed by atoms with van der Waals surface area (Å²) >= 11 is 7.49. The van der Waals surface area contributed by atoms with E-state index >= 15 is 0 Å². The lowest BCUT2D eigenvalue weighted by Gasteiger charge is -1.93. The average molecular weight is 168 g/mol. The van der Waals surface area contributed by atoms with Crippen LogP contribution in [0.3, 0.4) is 0 Å². The molecule has 0 nitrogen and oxygen atoms in total. The highest BCUT2D eigenvalue weighted by Crippen LogP contribution is 2.31. The van der Waals surface area contributed by atoms with Crippen LogP contribution in [0.5, 0.6) is 0 Å². The standard InChI is InChI=1S/C8H4ClS/c9-8-2-1-6-3-4-10-5-7(6)8/h2-5H. The fourth-order valence-electron chi connectivity index (χ4n) is 0.898. The second-order valence-corrected chi connectivity index (χ2v) is 3.21. The third-order valence-electron chi connectivity index (χ3n) is 1.40. The first-order chi connectivity index (χ1) is 4.88. The molecule has 1 aliphatic heterocycles. The van der Waals surface area contributed by atoms with E-state index < -0.39 is 0 Å². The Bertz CT molecular complexity index is 313. The van der Waals surface area contributed by atoms with E-state index in [1.54, 1.807) is 17.4 Å². The molecule has 0 bridgehead atoms. The summed E-state index contributed by atoms with van der Waals surface area (Å²) < 4.78 is 0. The molecule has 0 N–H and O–H groups in total. The van der Waals surface area contributed by atoms with Crippen LogP contribution in [0, 0.1) is 6.07 Å². The van der Waals surface area contributed by atoms with Crippen molar-refractivity contribution in [2.45, 2.75) is 0 Å². The lowest BCUT2D eigenvalue weighted by Crippen LogP contribution is -1.67. The molecule has 0 atom stereocenters. The maximum absolute atomic E-state index is 5.85. The van der Waals surface area contributed by atoms with Crippen LogP contribution in [-0.2, 0) is 0 Å². The van der Waals surface area contributed by atoms with E-state index in [1.165, 1.54) is 0 Å². The van der Waals surface area contributed by atoms with Gasteiger partial charge in [0.1, 0.15) is 0 Å². The van der Waals surface area contributed by atoms with Gasteiger partial charge in [0, 0.05) is 16.0 Å². The van der Waals surface area contributed by atoms with Gasteiger partial charge in [-0.15, -0.1) is 0 Å². The summed E-state index contributed by atoms with van der Waals surface area (Å²) in [6.07, 6.45) is 0. The molecule has 1 heterocycles. The molecule has 1 radical (unpaired) electrons. The first-order valence-electron chi connectivity index (χ1n) is 2.90. The summed E-state index contributed by atoms with van der Waals surface area (Å²) in [7, 11) is 0. The Hall–Kier alpha value is -0.530. The largest absolute Gasteiger partial charge is 0.152 e. The molecule has 1 aliphatic carbocycles. The van der Waals surface area contributed by atoms with Crippen LogP contribution < -0.4 is 0 Å². The van der Waals surface area contributed by atoms with Gasteiger partial charge in [0.15, 0.2) is 0 Å². The van der Waals surface area contributed by atoms with Gasteiger partial charge in [-0.25, -0.2) is 0 Å². The van der Waals surface area contributed by atoms with Gasteiger partial charge in [0.25, 0.3) is 0 Å². The van der Waals surface area contributed by atoms with Gasteiger partial charge in [-0.05, 0) is 29.1 Å². The molecule has 0 fully saturated rings. The number of hydrogen-bond donors (Lipinski definition) is 0. The van der Waals surface area contributed by atoms with Crippen molar-refractivity contribution in [3.05, 3.63) is 34.0 Å². The molecule has 0 unspecified atom stereocenters. The van der Waals surface area contributed by atoms with E-state index in [2.05, 4.69) is 6.07 Å². The quantitative estimate of drug-likeness (QED) is 0.565. The maximum atomic E-state index is 5.85. The van der Waals surface area contributed by atoms with Gasteiger partial charge in [-0.3, -0.25) is 0 Å². The highest BCUT2D eigenvalue weighted by Gasteiger charge is 2.05. The van der Waals surface area contributed by atoms with Gasteiger partial charge in [-0.1, -0.05) is 11.6 Å². The Morgan fingerprint density at radius 3 is 3.20 bits per heavy atom. The zero-order chi connectivity index (χ0) is 6.97. The van der Waals surface area contributed by atoms with Crippen LogP contribution >= 0.6 is 22.9 Å². The Labute approximate surface area is 68.4 Å². The molecule has 2 rings (SSSR count). The molecule has 10 heavy (non-hydrogen) atoms. The third kappa shape index (κ3) is 0.825. The van der Waals surface area contributed by atoms with Crippen molar-refractivity contribution in [1.29, 1.82) is 0 Å². The number of halogens is 1. The predicted molar refractivity (Wildman–Crippen MR) is 44.8 cm³/mol. The van der Waals surface area contributed by atoms with E-state index in [1.807, 2.05) is 16.8 Å². The highest BCUT2D eigenvalue weighted by atomic mass is 35.5. The van der Waals surface area contributed by atoms with Crippen molar-refractivity contribution >= 4 is 22.9 Å². The van der Waals surface area contributed by atoms with Crippen molar-refractivity contribution in [3.8, 4) is 11.1 Å². The van der Waals surface area contributed by atoms with Gasteiger partial charge in [-0.2, -0.15) is 11.3 Å². The molecule has 0 spiro atoms. The predicted octanol–water partition coefficient (Wildman–Crippen LogP) is 3.31. The van der Waals surface area contributed by atoms with Gasteiger partial charge in [0.05, 0.1) is 0 Å². The summed E-state index contributed by atoms with van der Waals surface area (Å²) in [5, 5.41) is 4.86. The Morgan fingerprint density at radius 1 is 1.50 bits per heavy atom. The SMILES string of the molecule is Clc1c[c]c2ccscc1-2. The van der Waals surface area contributed by atoms with Gasteiger partial charge >= 0.3 is 0 Å². The molecule has 0 aromatic heterocycles. The van der Waals surface area contributed by atoms with E-state index in [-0.39, 0.29) is 0 Å². The zero-order valence-electron chi connectivity index (χ0n) is 5.10. The fourth-order valence-corrected chi connectivity index (χ4v) is 1.86. The highest BCUT2D eigenvalue weighted by molar-refractivity contribution is 7.08. The van der Waals surface area contributed by atoms with Crippen LogP contribution in [0.2, 0.25) is 5.02 Å². The Kier molecular flexibility index (Phi) is 1.40. The molecule has 2 aliphatic rings. The van der Waals surface area contributed by atoms with Crippen molar-refractivity contribution in [2.24, 2.45) is 0 Å². The minimum Gasteiger partial charge on any atom is -0.152 e. The van der Waals surface area contributed by atoms with Crippen LogP contribution in [0.15, 0.2) is 22.9 Å². The topological polar surface area (TPSA) is 0 Å². The molecule has 49 valence electrons. The van der Waals surface area contributed by atoms with Crippen molar-refractivity contribution < 1.29 is 0 Å². The van der Waals surface area contributed by atoms with Crippen molar-refractivity contribution in [3.63, 3.8) is 0 Å². The zero-order valence-corrected chi connectivity index (χ0v) is 6.67. The minimum absolute atomic E-state index is 0.798. The van der Waals surface area contributed by atoms with Crippen molar-refractivity contribution in [1.82, 2.24) is 0 Å². The van der Waals surface area contributed by atoms with E-state index in [4.69, 9.17) is 11.6 Å². The van der Waals surface area contributed by atoms with Crippen LogP contribution in [0.1, 0.15) is 0 Å². The van der Waals surface area contributed by atoms with E-state index in [0.29, 0.717) is 0 Å². The molecule has 0 aromatic carbocycles. The Morgan fingerprint density at radius 2 is 2.40 bits per heavy atom. The second kappa shape index (κ2) is 2.26. The number of hydrogen-bond acceptors (Lipinski definition) is 1. The molecular weight excluding hydrogens is 164 g/mol. The van der Waals surface area contributed by atoms with Gasteiger partial charge < -0.3 is 0 Å². The summed E-state index contributed by atoms with van der Waals surface area (Å²) in [5.74, 6) is 0. The molecule has 0 saturated heterocycles. The monoisotopic (exact) mass is 167 g/mol. The molecule has 0 saturated carbocycles. The summed E-state index contributed by atoms with van der Waals surface area (Å²) in [6, 6.07) is 6.89. The van der Waals surface area contributed by atoms with E-state index in [9.17, 15) is 0 Å². The fraction of sp³-hybridized carbons (Fsp3) is 0. The second-order valence-electron chi connectivity index (χ2n) is 2.02. The lowest BCUT2D eigenvalue weighted by molar-refractivity contribution is 1.83. The van der Waals surface area contributed by atoms with Crippen LogP contribution in [-0.4, -0.2) is 0 Å². The van der Waals surface area contributed by atoms with Crippen LogP contribution in [0.4, 0.5) is 0 Å². The first-order valence-corrected chi connectivity index (χ1v) is 4.22. The maximum Gasteiger partial charge on any atom is 0.0499 e. The first kappa shape index (κ1) is 6.20. The number of rotatable bonds is 0. The molecular formula is C8H4ClS.